The summed E-state index contributed by atoms with van der Waals surface area (Å²) in [6.07, 6.45) is 10.0. The number of nitrogens with zero attached hydrogens (tertiary/aromatic N) is 2. The molecule has 36 heavy (non-hydrogen) atoms. The SMILES string of the molecule is CS(=O)(=O)c1ccc(COc2ccc(-c3cn(C(=O)NCCCCC4CCOCC4)cn3)cc2)cc1. The molecule has 2 aromatic carbocycles. The van der Waals surface area contributed by atoms with E-state index in [1.54, 1.807) is 30.5 Å². The van der Waals surface area contributed by atoms with E-state index in [1.807, 2.05) is 24.3 Å². The van der Waals surface area contributed by atoms with Crippen LogP contribution in [0.4, 0.5) is 4.79 Å². The van der Waals surface area contributed by atoms with Gasteiger partial charge in [0.15, 0.2) is 9.84 Å². The van der Waals surface area contributed by atoms with E-state index < -0.39 is 9.84 Å². The first kappa shape index (κ1) is 25.9. The van der Waals surface area contributed by atoms with Crippen molar-refractivity contribution in [3.63, 3.8) is 0 Å². The van der Waals surface area contributed by atoms with Gasteiger partial charge in [-0.05, 0) is 67.1 Å². The third-order valence-corrected chi connectivity index (χ3v) is 7.51. The summed E-state index contributed by atoms with van der Waals surface area (Å²) in [4.78, 5) is 17.1. The van der Waals surface area contributed by atoms with Crippen LogP contribution in [0.2, 0.25) is 0 Å². The third kappa shape index (κ3) is 7.41. The third-order valence-electron chi connectivity index (χ3n) is 6.38. The minimum absolute atomic E-state index is 0.179. The number of nitrogens with one attached hydrogen (secondary N) is 1. The lowest BCUT2D eigenvalue weighted by molar-refractivity contribution is 0.0632. The van der Waals surface area contributed by atoms with Crippen LogP contribution in [0.3, 0.4) is 0 Å². The molecule has 1 aliphatic heterocycles. The Morgan fingerprint density at radius 3 is 2.50 bits per heavy atom. The van der Waals surface area contributed by atoms with Crippen LogP contribution < -0.4 is 10.1 Å². The zero-order valence-electron chi connectivity index (χ0n) is 20.6. The quantitative estimate of drug-likeness (QED) is 0.397. The molecule has 0 radical (unpaired) electrons. The Morgan fingerprint density at radius 2 is 1.81 bits per heavy atom. The van der Waals surface area contributed by atoms with Gasteiger partial charge < -0.3 is 14.8 Å². The van der Waals surface area contributed by atoms with Gasteiger partial charge in [0.25, 0.3) is 0 Å². The first-order valence-electron chi connectivity index (χ1n) is 12.3. The Labute approximate surface area is 212 Å². The predicted molar refractivity (Wildman–Crippen MR) is 138 cm³/mol. The summed E-state index contributed by atoms with van der Waals surface area (Å²) in [5, 5.41) is 2.96. The van der Waals surface area contributed by atoms with Crippen LogP contribution in [0.25, 0.3) is 11.3 Å². The molecular formula is C27H33N3O5S. The Bertz CT molecular complexity index is 1230. The zero-order chi connectivity index (χ0) is 25.4. The standard InChI is InChI=1S/C27H33N3O5S/c1-36(32,33)25-11-5-22(6-12-25)19-35-24-9-7-23(8-10-24)26-18-30(20-29-26)27(31)28-15-3-2-4-21-13-16-34-17-14-21/h5-12,18,20-21H,2-4,13-17,19H2,1H3,(H,28,31). The maximum Gasteiger partial charge on any atom is 0.326 e. The van der Waals surface area contributed by atoms with Crippen molar-refractivity contribution in [3.05, 3.63) is 66.6 Å². The molecule has 1 aromatic heterocycles. The van der Waals surface area contributed by atoms with Crippen LogP contribution in [0.1, 0.15) is 37.7 Å². The van der Waals surface area contributed by atoms with Gasteiger partial charge in [-0.2, -0.15) is 0 Å². The molecule has 1 N–H and O–H groups in total. The number of amides is 1. The van der Waals surface area contributed by atoms with E-state index in [2.05, 4.69) is 10.3 Å². The molecule has 3 aromatic rings. The van der Waals surface area contributed by atoms with Crippen molar-refractivity contribution < 1.29 is 22.7 Å². The normalized spacial score (nSPS) is 14.5. The minimum Gasteiger partial charge on any atom is -0.489 e. The minimum atomic E-state index is -3.21. The van der Waals surface area contributed by atoms with Gasteiger partial charge in [-0.3, -0.25) is 4.57 Å². The zero-order valence-corrected chi connectivity index (χ0v) is 21.4. The number of carbonyl (C=O) groups excluding carboxylic acids is 1. The Morgan fingerprint density at radius 1 is 1.08 bits per heavy atom. The molecule has 192 valence electrons. The molecule has 0 saturated carbocycles. The van der Waals surface area contributed by atoms with Gasteiger partial charge in [0.1, 0.15) is 18.7 Å². The first-order valence-corrected chi connectivity index (χ1v) is 14.2. The molecule has 4 rings (SSSR count). The lowest BCUT2D eigenvalue weighted by atomic mass is 9.94. The molecule has 0 aliphatic carbocycles. The summed E-state index contributed by atoms with van der Waals surface area (Å²) in [5.74, 6) is 1.44. The maximum atomic E-state index is 12.4. The van der Waals surface area contributed by atoms with Gasteiger partial charge in [0.05, 0.1) is 10.6 Å². The van der Waals surface area contributed by atoms with Crippen LogP contribution >= 0.6 is 0 Å². The second-order valence-corrected chi connectivity index (χ2v) is 11.2. The highest BCUT2D eigenvalue weighted by Gasteiger charge is 2.13. The molecule has 1 aliphatic rings. The van der Waals surface area contributed by atoms with Gasteiger partial charge >= 0.3 is 6.03 Å². The van der Waals surface area contributed by atoms with E-state index in [0.717, 1.165) is 55.9 Å². The number of benzene rings is 2. The lowest BCUT2D eigenvalue weighted by Gasteiger charge is -2.21. The molecule has 1 saturated heterocycles. The van der Waals surface area contributed by atoms with Crippen molar-refractivity contribution in [3.8, 4) is 17.0 Å². The fraction of sp³-hybridized carbons (Fsp3) is 0.407. The Kier molecular flexibility index (Phi) is 8.77. The van der Waals surface area contributed by atoms with E-state index in [9.17, 15) is 13.2 Å². The highest BCUT2D eigenvalue weighted by atomic mass is 32.2. The molecule has 1 fully saturated rings. The van der Waals surface area contributed by atoms with Crippen molar-refractivity contribution in [2.45, 2.75) is 43.6 Å². The summed E-state index contributed by atoms with van der Waals surface area (Å²) in [6, 6.07) is 13.9. The molecule has 1 amide bonds. The van der Waals surface area contributed by atoms with Crippen LogP contribution in [0.5, 0.6) is 5.75 Å². The van der Waals surface area contributed by atoms with Crippen LogP contribution in [-0.4, -0.2) is 50.0 Å². The number of unbranched alkanes of at least 4 members (excludes halogenated alkanes) is 1. The van der Waals surface area contributed by atoms with E-state index in [-0.39, 0.29) is 10.9 Å². The molecule has 0 atom stereocenters. The van der Waals surface area contributed by atoms with Gasteiger partial charge in [-0.1, -0.05) is 25.0 Å². The fourth-order valence-corrected chi connectivity index (χ4v) is 4.81. The Balaban J connectivity index is 1.21. The van der Waals surface area contributed by atoms with Crippen molar-refractivity contribution >= 4 is 15.9 Å². The molecule has 8 nitrogen and oxygen atoms in total. The Hall–Kier alpha value is -3.17. The highest BCUT2D eigenvalue weighted by Crippen LogP contribution is 2.22. The van der Waals surface area contributed by atoms with Gasteiger partial charge in [0.2, 0.25) is 0 Å². The van der Waals surface area contributed by atoms with Crippen LogP contribution in [-0.2, 0) is 21.2 Å². The molecule has 2 heterocycles. The number of hydrogen-bond acceptors (Lipinski definition) is 6. The average molecular weight is 512 g/mol. The second kappa shape index (κ2) is 12.2. The summed E-state index contributed by atoms with van der Waals surface area (Å²) >= 11 is 0. The number of aromatic nitrogens is 2. The van der Waals surface area contributed by atoms with E-state index in [4.69, 9.17) is 9.47 Å². The summed E-state index contributed by atoms with van der Waals surface area (Å²) in [5.41, 5.74) is 2.45. The second-order valence-electron chi connectivity index (χ2n) is 9.18. The molecule has 0 bridgehead atoms. The number of sulfone groups is 1. The maximum absolute atomic E-state index is 12.4. The van der Waals surface area contributed by atoms with Gasteiger partial charge in [0, 0.05) is 37.8 Å². The summed E-state index contributed by atoms with van der Waals surface area (Å²) in [7, 11) is -3.21. The number of hydrogen-bond donors (Lipinski definition) is 1. The topological polar surface area (TPSA) is 99.5 Å². The first-order chi connectivity index (χ1) is 17.4. The lowest BCUT2D eigenvalue weighted by Crippen LogP contribution is -2.28. The van der Waals surface area contributed by atoms with E-state index in [1.165, 1.54) is 23.6 Å². The predicted octanol–water partition coefficient (Wildman–Crippen LogP) is 4.69. The molecule has 9 heteroatoms. The number of imidazole rings is 1. The molecular weight excluding hydrogens is 478 g/mol. The van der Waals surface area contributed by atoms with E-state index >= 15 is 0 Å². The molecule has 0 spiro atoms. The van der Waals surface area contributed by atoms with Crippen LogP contribution in [0, 0.1) is 5.92 Å². The van der Waals surface area contributed by atoms with Crippen molar-refractivity contribution in [1.82, 2.24) is 14.9 Å². The smallest absolute Gasteiger partial charge is 0.326 e. The monoisotopic (exact) mass is 511 g/mol. The van der Waals surface area contributed by atoms with Crippen molar-refractivity contribution in [1.29, 1.82) is 0 Å². The largest absolute Gasteiger partial charge is 0.489 e. The van der Waals surface area contributed by atoms with Gasteiger partial charge in [-0.15, -0.1) is 0 Å². The van der Waals surface area contributed by atoms with Crippen molar-refractivity contribution in [2.24, 2.45) is 5.92 Å². The fourth-order valence-electron chi connectivity index (χ4n) is 4.18. The van der Waals surface area contributed by atoms with Crippen LogP contribution in [0.15, 0.2) is 66.0 Å². The number of rotatable bonds is 10. The summed E-state index contributed by atoms with van der Waals surface area (Å²) < 4.78 is 35.8. The molecule has 0 unspecified atom stereocenters. The van der Waals surface area contributed by atoms with Crippen molar-refractivity contribution in [2.75, 3.05) is 26.0 Å². The average Bonchev–Trinajstić information content (AvgIpc) is 3.38. The van der Waals surface area contributed by atoms with E-state index in [0.29, 0.717) is 24.6 Å². The van der Waals surface area contributed by atoms with Gasteiger partial charge in [-0.25, -0.2) is 18.2 Å². The highest BCUT2D eigenvalue weighted by molar-refractivity contribution is 7.90. The summed E-state index contributed by atoms with van der Waals surface area (Å²) in [6.45, 7) is 2.73. The number of carbonyl (C=O) groups is 1. The number of ether oxygens (including phenoxy) is 2.